The van der Waals surface area contributed by atoms with Crippen LogP contribution in [0.5, 0.6) is 0 Å². The number of hydrogen-bond donors (Lipinski definition) is 1. The van der Waals surface area contributed by atoms with Gasteiger partial charge in [-0.1, -0.05) is 32.4 Å². The fourth-order valence-electron chi connectivity index (χ4n) is 4.68. The predicted octanol–water partition coefficient (Wildman–Crippen LogP) is 6.75. The second kappa shape index (κ2) is 8.68. The summed E-state index contributed by atoms with van der Waals surface area (Å²) in [5.41, 5.74) is -0.0314. The van der Waals surface area contributed by atoms with E-state index >= 15 is 0 Å². The van der Waals surface area contributed by atoms with Gasteiger partial charge in [-0.15, -0.1) is 0 Å². The summed E-state index contributed by atoms with van der Waals surface area (Å²) in [4.78, 5) is 0. The van der Waals surface area contributed by atoms with E-state index in [0.717, 1.165) is 38.5 Å². The van der Waals surface area contributed by atoms with Gasteiger partial charge in [-0.3, -0.25) is 0 Å². The third kappa shape index (κ3) is 6.12. The number of hydrogen-bond acceptors (Lipinski definition) is 3. The number of alkyl halides is 8. The highest BCUT2D eigenvalue weighted by Gasteiger charge is 2.67. The van der Waals surface area contributed by atoms with E-state index in [1.165, 1.54) is 0 Å². The average Bonchev–Trinajstić information content (AvgIpc) is 2.51. The molecule has 0 aliphatic heterocycles. The number of ether oxygens (including phenoxy) is 2. The molecular weight excluding hydrogens is 432 g/mol. The van der Waals surface area contributed by atoms with Crippen LogP contribution in [0.2, 0.25) is 0 Å². The molecule has 0 heterocycles. The third-order valence-corrected chi connectivity index (χ3v) is 6.04. The third-order valence-electron chi connectivity index (χ3n) is 5.78. The van der Waals surface area contributed by atoms with E-state index in [1.807, 2.05) is 0 Å². The summed E-state index contributed by atoms with van der Waals surface area (Å²) in [5.74, 6) is -3.93. The Morgan fingerprint density at radius 1 is 1.00 bits per heavy atom. The molecule has 2 saturated carbocycles. The van der Waals surface area contributed by atoms with Crippen molar-refractivity contribution in [2.75, 3.05) is 13.2 Å². The van der Waals surface area contributed by atoms with Crippen molar-refractivity contribution in [3.05, 3.63) is 0 Å². The molecule has 2 fully saturated rings. The Labute approximate surface area is 170 Å². The maximum Gasteiger partial charge on any atom is 0.434 e. The number of fused-ring (bicyclic) bond motifs is 2. The van der Waals surface area contributed by atoms with Crippen LogP contribution in [-0.2, 0) is 9.47 Å². The first-order chi connectivity index (χ1) is 13.1. The fourth-order valence-corrected chi connectivity index (χ4v) is 4.72. The van der Waals surface area contributed by atoms with Crippen LogP contribution in [0, 0.1) is 17.3 Å². The molecule has 0 N–H and O–H groups in total. The zero-order chi connectivity index (χ0) is 22.1. The molecule has 0 saturated heterocycles. The first kappa shape index (κ1) is 25.0. The van der Waals surface area contributed by atoms with Crippen LogP contribution in [0.1, 0.15) is 58.3 Å². The zero-order valence-electron chi connectivity index (χ0n) is 16.0. The smallest absolute Gasteiger partial charge is 0.381 e. The molecular formula is C18H26F8O2S. The van der Waals surface area contributed by atoms with Crippen LogP contribution in [0.3, 0.4) is 0 Å². The van der Waals surface area contributed by atoms with Crippen LogP contribution in [-0.4, -0.2) is 36.6 Å². The molecule has 172 valence electrons. The maximum absolute atomic E-state index is 13.6. The molecule has 0 aromatic carbocycles. The van der Waals surface area contributed by atoms with Crippen molar-refractivity contribution < 1.29 is 44.6 Å². The van der Waals surface area contributed by atoms with Gasteiger partial charge in [0.25, 0.3) is 0 Å². The Kier molecular flexibility index (Phi) is 7.48. The highest BCUT2D eigenvalue weighted by atomic mass is 32.1. The summed E-state index contributed by atoms with van der Waals surface area (Å²) in [6, 6.07) is 0. The van der Waals surface area contributed by atoms with E-state index in [2.05, 4.69) is 24.3 Å². The lowest BCUT2D eigenvalue weighted by molar-refractivity contribution is -0.455. The summed E-state index contributed by atoms with van der Waals surface area (Å²) in [6.07, 6.45) is -7.50. The van der Waals surface area contributed by atoms with Crippen molar-refractivity contribution in [2.45, 2.75) is 81.7 Å². The van der Waals surface area contributed by atoms with Crippen molar-refractivity contribution in [1.82, 2.24) is 0 Å². The molecule has 3 unspecified atom stereocenters. The number of halogens is 8. The predicted molar refractivity (Wildman–Crippen MR) is 92.7 cm³/mol. The summed E-state index contributed by atoms with van der Waals surface area (Å²) < 4.78 is 113. The summed E-state index contributed by atoms with van der Waals surface area (Å²) >= 11 is 2.12. The normalized spacial score (nSPS) is 29.2. The van der Waals surface area contributed by atoms with Gasteiger partial charge in [0.2, 0.25) is 0 Å². The van der Waals surface area contributed by atoms with Crippen LogP contribution in [0.15, 0.2) is 0 Å². The van der Waals surface area contributed by atoms with Crippen LogP contribution in [0.25, 0.3) is 0 Å². The lowest BCUT2D eigenvalue weighted by atomic mass is 9.59. The fraction of sp³-hybridized carbons (Fsp3) is 1.00. The van der Waals surface area contributed by atoms with Gasteiger partial charge in [0.05, 0.1) is 6.61 Å². The number of rotatable bonds is 10. The molecule has 2 bridgehead atoms. The second-order valence-electron chi connectivity index (χ2n) is 8.54. The monoisotopic (exact) mass is 458 g/mol. The molecule has 0 aromatic rings. The van der Waals surface area contributed by atoms with Crippen molar-refractivity contribution in [2.24, 2.45) is 17.3 Å². The van der Waals surface area contributed by atoms with Crippen molar-refractivity contribution in [3.8, 4) is 0 Å². The minimum absolute atomic E-state index is 0.0314. The van der Waals surface area contributed by atoms with Gasteiger partial charge in [-0.25, -0.2) is 4.74 Å². The molecule has 0 radical (unpaired) electrons. The van der Waals surface area contributed by atoms with Gasteiger partial charge in [0.15, 0.2) is 0 Å². The first-order valence-corrected chi connectivity index (χ1v) is 10.1. The first-order valence-electron chi connectivity index (χ1n) is 9.61. The SMILES string of the molecule is CC1CC2CCCC(COCCCC(F)(F)C(F)(F)OC(F)(F)C(F)(F)S)(C1)C2. The summed E-state index contributed by atoms with van der Waals surface area (Å²) in [7, 11) is 0. The van der Waals surface area contributed by atoms with Gasteiger partial charge in [0, 0.05) is 13.0 Å². The minimum atomic E-state index is -5.87. The Morgan fingerprint density at radius 3 is 2.28 bits per heavy atom. The molecule has 29 heavy (non-hydrogen) atoms. The molecule has 2 aliphatic rings. The second-order valence-corrected chi connectivity index (χ2v) is 9.11. The van der Waals surface area contributed by atoms with Gasteiger partial charge >= 0.3 is 23.4 Å². The topological polar surface area (TPSA) is 18.5 Å². The Morgan fingerprint density at radius 2 is 1.66 bits per heavy atom. The number of thiol groups is 1. The van der Waals surface area contributed by atoms with Crippen LogP contribution < -0.4 is 0 Å². The zero-order valence-corrected chi connectivity index (χ0v) is 16.9. The van der Waals surface area contributed by atoms with E-state index in [4.69, 9.17) is 4.74 Å². The highest BCUT2D eigenvalue weighted by molar-refractivity contribution is 7.81. The average molecular weight is 458 g/mol. The molecule has 11 heteroatoms. The van der Waals surface area contributed by atoms with Gasteiger partial charge in [-0.05, 0) is 49.4 Å². The molecule has 0 amide bonds. The van der Waals surface area contributed by atoms with Gasteiger partial charge in [-0.2, -0.15) is 35.1 Å². The van der Waals surface area contributed by atoms with Crippen LogP contribution in [0.4, 0.5) is 35.1 Å². The standard InChI is InChI=1S/C18H26F8O2S/c1-12-8-13-4-2-5-14(9-12,10-13)11-27-7-3-6-15(19,20)16(21,22)28-17(23,24)18(25,26)29/h12-13,29H,2-11H2,1H3. The maximum atomic E-state index is 13.6. The largest absolute Gasteiger partial charge is 0.434 e. The van der Waals surface area contributed by atoms with Gasteiger partial charge < -0.3 is 4.74 Å². The van der Waals surface area contributed by atoms with E-state index in [1.54, 1.807) is 0 Å². The Hall–Kier alpha value is -0.290. The molecule has 2 aliphatic carbocycles. The Balaban J connectivity index is 1.81. The van der Waals surface area contributed by atoms with E-state index in [0.29, 0.717) is 18.4 Å². The van der Waals surface area contributed by atoms with Gasteiger partial charge in [0.1, 0.15) is 0 Å². The lowest BCUT2D eigenvalue weighted by Crippen LogP contribution is -2.51. The van der Waals surface area contributed by atoms with Crippen molar-refractivity contribution in [1.29, 1.82) is 0 Å². The summed E-state index contributed by atoms with van der Waals surface area (Å²) in [6.45, 7) is 2.21. The Bertz CT molecular complexity index is 550. The van der Waals surface area contributed by atoms with Crippen molar-refractivity contribution in [3.63, 3.8) is 0 Å². The molecule has 0 aromatic heterocycles. The van der Waals surface area contributed by atoms with Crippen molar-refractivity contribution >= 4 is 12.6 Å². The minimum Gasteiger partial charge on any atom is -0.381 e. The highest BCUT2D eigenvalue weighted by Crippen LogP contribution is 2.51. The summed E-state index contributed by atoms with van der Waals surface area (Å²) in [5, 5.41) is -5.34. The molecule has 3 atom stereocenters. The molecule has 2 nitrogen and oxygen atoms in total. The lowest BCUT2D eigenvalue weighted by Gasteiger charge is -2.47. The van der Waals surface area contributed by atoms with E-state index in [9.17, 15) is 35.1 Å². The molecule has 2 rings (SSSR count). The molecule has 0 spiro atoms. The van der Waals surface area contributed by atoms with E-state index < -0.39 is 36.2 Å². The quantitative estimate of drug-likeness (QED) is 0.222. The van der Waals surface area contributed by atoms with Crippen LogP contribution >= 0.6 is 12.6 Å². The van der Waals surface area contributed by atoms with E-state index in [-0.39, 0.29) is 12.0 Å².